The number of rotatable bonds is 5. The van der Waals surface area contributed by atoms with Gasteiger partial charge in [0.15, 0.2) is 0 Å². The standard InChI is InChI=1S/C13H22ClN/c1-11(2)15-9-13(10-15)8-6-4-5-7-12(3)14/h4,6-7,11,13H,5,8-10H2,1-3H3/b6-4+,12-7+. The molecule has 86 valence electrons. The molecule has 0 atom stereocenters. The van der Waals surface area contributed by atoms with Crippen LogP contribution in [-0.2, 0) is 0 Å². The molecule has 0 aromatic heterocycles. The zero-order valence-corrected chi connectivity index (χ0v) is 10.8. The van der Waals surface area contributed by atoms with Crippen LogP contribution in [0.2, 0.25) is 0 Å². The first kappa shape index (κ1) is 12.8. The van der Waals surface area contributed by atoms with Crippen LogP contribution in [0.3, 0.4) is 0 Å². The summed E-state index contributed by atoms with van der Waals surface area (Å²) in [4.78, 5) is 2.52. The van der Waals surface area contributed by atoms with Gasteiger partial charge < -0.3 is 4.90 Å². The lowest BCUT2D eigenvalue weighted by Gasteiger charge is -2.41. The monoisotopic (exact) mass is 227 g/mol. The number of hydrogen-bond acceptors (Lipinski definition) is 1. The molecule has 0 saturated carbocycles. The van der Waals surface area contributed by atoms with E-state index in [2.05, 4.69) is 30.9 Å². The van der Waals surface area contributed by atoms with Crippen LogP contribution in [0.25, 0.3) is 0 Å². The van der Waals surface area contributed by atoms with E-state index in [1.165, 1.54) is 19.5 Å². The van der Waals surface area contributed by atoms with Gasteiger partial charge in [0.05, 0.1) is 0 Å². The summed E-state index contributed by atoms with van der Waals surface area (Å²) in [5.74, 6) is 0.879. The summed E-state index contributed by atoms with van der Waals surface area (Å²) in [5.41, 5.74) is 0. The maximum atomic E-state index is 5.73. The molecule has 1 aliphatic heterocycles. The van der Waals surface area contributed by atoms with E-state index in [4.69, 9.17) is 11.6 Å². The van der Waals surface area contributed by atoms with Crippen LogP contribution >= 0.6 is 11.6 Å². The van der Waals surface area contributed by atoms with E-state index >= 15 is 0 Å². The minimum Gasteiger partial charge on any atom is -0.300 e. The lowest BCUT2D eigenvalue weighted by molar-refractivity contribution is 0.0696. The van der Waals surface area contributed by atoms with Crippen molar-refractivity contribution in [2.75, 3.05) is 13.1 Å². The molecule has 15 heavy (non-hydrogen) atoms. The van der Waals surface area contributed by atoms with E-state index in [1.54, 1.807) is 0 Å². The molecule has 0 amide bonds. The fourth-order valence-corrected chi connectivity index (χ4v) is 1.88. The van der Waals surface area contributed by atoms with E-state index in [0.717, 1.165) is 17.4 Å². The molecule has 0 radical (unpaired) electrons. The minimum absolute atomic E-state index is 0.715. The number of nitrogens with zero attached hydrogens (tertiary/aromatic N) is 1. The second-order valence-electron chi connectivity index (χ2n) is 4.65. The summed E-state index contributed by atoms with van der Waals surface area (Å²) < 4.78 is 0. The maximum absolute atomic E-state index is 5.73. The molecule has 1 saturated heterocycles. The fraction of sp³-hybridized carbons (Fsp3) is 0.692. The Labute approximate surface area is 98.8 Å². The van der Waals surface area contributed by atoms with Crippen LogP contribution in [0.1, 0.15) is 33.6 Å². The fourth-order valence-electron chi connectivity index (χ4n) is 1.80. The molecule has 1 aliphatic rings. The Hall–Kier alpha value is -0.270. The molecule has 1 fully saturated rings. The van der Waals surface area contributed by atoms with E-state index in [1.807, 2.05) is 13.0 Å². The largest absolute Gasteiger partial charge is 0.300 e. The van der Waals surface area contributed by atoms with Gasteiger partial charge in [-0.1, -0.05) is 29.8 Å². The summed E-state index contributed by atoms with van der Waals surface area (Å²) in [6, 6.07) is 0.715. The molecule has 0 aliphatic carbocycles. The second kappa shape index (κ2) is 6.34. The summed E-state index contributed by atoms with van der Waals surface area (Å²) in [6.45, 7) is 8.99. The van der Waals surface area contributed by atoms with Crippen LogP contribution in [0.4, 0.5) is 0 Å². The van der Waals surface area contributed by atoms with Crippen LogP contribution < -0.4 is 0 Å². The number of likely N-dealkylation sites (tertiary alicyclic amines) is 1. The summed E-state index contributed by atoms with van der Waals surface area (Å²) in [5, 5.41) is 0.884. The van der Waals surface area contributed by atoms with Gasteiger partial charge in [-0.05, 0) is 39.5 Å². The molecule has 0 aromatic rings. The zero-order valence-electron chi connectivity index (χ0n) is 10.0. The normalized spacial score (nSPS) is 20.2. The number of allylic oxidation sites excluding steroid dienone is 4. The highest BCUT2D eigenvalue weighted by Gasteiger charge is 2.26. The first-order valence-electron chi connectivity index (χ1n) is 5.81. The van der Waals surface area contributed by atoms with Crippen LogP contribution in [0.15, 0.2) is 23.3 Å². The van der Waals surface area contributed by atoms with Gasteiger partial charge in [-0.15, -0.1) is 0 Å². The third-order valence-electron chi connectivity index (χ3n) is 2.89. The first-order chi connectivity index (χ1) is 7.09. The highest BCUT2D eigenvalue weighted by Crippen LogP contribution is 2.21. The molecule has 0 spiro atoms. The van der Waals surface area contributed by atoms with Crippen molar-refractivity contribution in [1.29, 1.82) is 0 Å². The van der Waals surface area contributed by atoms with Crippen molar-refractivity contribution in [1.82, 2.24) is 4.90 Å². The Morgan fingerprint density at radius 3 is 2.60 bits per heavy atom. The lowest BCUT2D eigenvalue weighted by atomic mass is 9.94. The minimum atomic E-state index is 0.715. The molecule has 0 bridgehead atoms. The van der Waals surface area contributed by atoms with Gasteiger partial charge in [-0.25, -0.2) is 0 Å². The van der Waals surface area contributed by atoms with Crippen LogP contribution in [0.5, 0.6) is 0 Å². The van der Waals surface area contributed by atoms with Crippen molar-refractivity contribution >= 4 is 11.6 Å². The van der Waals surface area contributed by atoms with Crippen LogP contribution in [0, 0.1) is 5.92 Å². The second-order valence-corrected chi connectivity index (χ2v) is 5.24. The molecule has 0 unspecified atom stereocenters. The Morgan fingerprint density at radius 1 is 1.40 bits per heavy atom. The topological polar surface area (TPSA) is 3.24 Å². The quantitative estimate of drug-likeness (QED) is 0.646. The molecule has 1 nitrogen and oxygen atoms in total. The van der Waals surface area contributed by atoms with Crippen LogP contribution in [-0.4, -0.2) is 24.0 Å². The van der Waals surface area contributed by atoms with Gasteiger partial charge in [-0.3, -0.25) is 0 Å². The van der Waals surface area contributed by atoms with Gasteiger partial charge in [0.2, 0.25) is 0 Å². The number of halogens is 1. The Morgan fingerprint density at radius 2 is 2.07 bits per heavy atom. The van der Waals surface area contributed by atoms with E-state index in [9.17, 15) is 0 Å². The molecular weight excluding hydrogens is 206 g/mol. The third-order valence-corrected chi connectivity index (χ3v) is 3.04. The van der Waals surface area contributed by atoms with E-state index < -0.39 is 0 Å². The molecule has 1 rings (SSSR count). The van der Waals surface area contributed by atoms with E-state index in [-0.39, 0.29) is 0 Å². The van der Waals surface area contributed by atoms with Gasteiger partial charge in [0.25, 0.3) is 0 Å². The van der Waals surface area contributed by atoms with Crippen molar-refractivity contribution in [3.05, 3.63) is 23.3 Å². The van der Waals surface area contributed by atoms with Gasteiger partial charge >= 0.3 is 0 Å². The molecular formula is C13H22ClN. The van der Waals surface area contributed by atoms with Crippen molar-refractivity contribution in [3.8, 4) is 0 Å². The molecule has 1 heterocycles. The zero-order chi connectivity index (χ0) is 11.3. The Bertz CT molecular complexity index is 233. The Balaban J connectivity index is 2.05. The van der Waals surface area contributed by atoms with E-state index in [0.29, 0.717) is 6.04 Å². The smallest absolute Gasteiger partial charge is 0.0113 e. The first-order valence-corrected chi connectivity index (χ1v) is 6.18. The van der Waals surface area contributed by atoms with Crippen molar-refractivity contribution < 1.29 is 0 Å². The Kier molecular flexibility index (Phi) is 5.41. The highest BCUT2D eigenvalue weighted by molar-refractivity contribution is 6.29. The molecule has 0 aromatic carbocycles. The summed E-state index contributed by atoms with van der Waals surface area (Å²) >= 11 is 5.73. The highest BCUT2D eigenvalue weighted by atomic mass is 35.5. The third kappa shape index (κ3) is 4.85. The van der Waals surface area contributed by atoms with Gasteiger partial charge in [-0.2, -0.15) is 0 Å². The predicted molar refractivity (Wildman–Crippen MR) is 68.2 cm³/mol. The summed E-state index contributed by atoms with van der Waals surface area (Å²) in [7, 11) is 0. The summed E-state index contributed by atoms with van der Waals surface area (Å²) in [6.07, 6.45) is 8.73. The van der Waals surface area contributed by atoms with Crippen molar-refractivity contribution in [2.24, 2.45) is 5.92 Å². The average molecular weight is 228 g/mol. The average Bonchev–Trinajstić information content (AvgIpc) is 2.06. The predicted octanol–water partition coefficient (Wildman–Crippen LogP) is 3.81. The SMILES string of the molecule is C/C(Cl)=C\C/C=C/CC1CN(C(C)C)C1. The maximum Gasteiger partial charge on any atom is 0.0113 e. The van der Waals surface area contributed by atoms with Gasteiger partial charge in [0, 0.05) is 24.2 Å². The van der Waals surface area contributed by atoms with Crippen molar-refractivity contribution in [2.45, 2.75) is 39.7 Å². The van der Waals surface area contributed by atoms with Crippen molar-refractivity contribution in [3.63, 3.8) is 0 Å². The molecule has 2 heteroatoms. The van der Waals surface area contributed by atoms with Gasteiger partial charge in [0.1, 0.15) is 0 Å². The number of hydrogen-bond donors (Lipinski definition) is 0. The lowest BCUT2D eigenvalue weighted by Crippen LogP contribution is -2.49. The molecule has 0 N–H and O–H groups in total.